The number of aromatic nitrogens is 6. The van der Waals surface area contributed by atoms with Gasteiger partial charge in [-0.2, -0.15) is 9.78 Å². The van der Waals surface area contributed by atoms with Gasteiger partial charge in [0.1, 0.15) is 0 Å². The average molecular weight is 298 g/mol. The summed E-state index contributed by atoms with van der Waals surface area (Å²) in [5, 5.41) is 16.0. The van der Waals surface area contributed by atoms with E-state index in [0.717, 1.165) is 24.2 Å². The number of hydrogen-bond acceptors (Lipinski definition) is 7. The van der Waals surface area contributed by atoms with Crippen LogP contribution in [-0.4, -0.2) is 43.6 Å². The third kappa shape index (κ3) is 2.37. The maximum absolute atomic E-state index is 5.35. The summed E-state index contributed by atoms with van der Waals surface area (Å²) in [5.74, 6) is 2.05. The second kappa shape index (κ2) is 5.30. The molecule has 0 amide bonds. The maximum Gasteiger partial charge on any atom is 0.257 e. The molecule has 0 radical (unpaired) electrons. The Morgan fingerprint density at radius 1 is 1.18 bits per heavy atom. The standard InChI is InChI=1S/C14H14N6O2/c1-20-17-13(16-19-20)9-2-4-10(5-3-9)14-15-12(18-22-14)11-6-7-21-8-11/h2-5,11H,6-8H2,1H3/t11-/m0/s1. The van der Waals surface area contributed by atoms with Crippen molar-refractivity contribution < 1.29 is 9.26 Å². The molecule has 4 rings (SSSR count). The zero-order valence-electron chi connectivity index (χ0n) is 12.0. The van der Waals surface area contributed by atoms with Crippen LogP contribution in [0.15, 0.2) is 28.8 Å². The van der Waals surface area contributed by atoms with Gasteiger partial charge in [0.2, 0.25) is 5.82 Å². The predicted octanol–water partition coefficient (Wildman–Crippen LogP) is 1.43. The molecule has 0 spiro atoms. The average Bonchev–Trinajstić information content (AvgIpc) is 3.28. The molecular weight excluding hydrogens is 284 g/mol. The van der Waals surface area contributed by atoms with Crippen LogP contribution in [0.1, 0.15) is 18.2 Å². The van der Waals surface area contributed by atoms with E-state index in [4.69, 9.17) is 9.26 Å². The van der Waals surface area contributed by atoms with Gasteiger partial charge in [0.15, 0.2) is 5.82 Å². The molecule has 1 fully saturated rings. The van der Waals surface area contributed by atoms with E-state index < -0.39 is 0 Å². The molecular formula is C14H14N6O2. The quantitative estimate of drug-likeness (QED) is 0.722. The summed E-state index contributed by atoms with van der Waals surface area (Å²) in [6.45, 7) is 1.42. The van der Waals surface area contributed by atoms with Crippen molar-refractivity contribution >= 4 is 0 Å². The van der Waals surface area contributed by atoms with E-state index in [2.05, 4.69) is 25.6 Å². The molecule has 3 aromatic rings. The van der Waals surface area contributed by atoms with Crippen LogP contribution in [0.3, 0.4) is 0 Å². The molecule has 22 heavy (non-hydrogen) atoms. The molecule has 1 atom stereocenters. The van der Waals surface area contributed by atoms with E-state index in [9.17, 15) is 0 Å². The molecule has 0 saturated carbocycles. The van der Waals surface area contributed by atoms with Crippen LogP contribution in [0.25, 0.3) is 22.8 Å². The lowest BCUT2D eigenvalue weighted by Gasteiger charge is -1.98. The highest BCUT2D eigenvalue weighted by Gasteiger charge is 2.23. The highest BCUT2D eigenvalue weighted by Crippen LogP contribution is 2.26. The molecule has 0 N–H and O–H groups in total. The Morgan fingerprint density at radius 2 is 2.00 bits per heavy atom. The third-order valence-corrected chi connectivity index (χ3v) is 3.63. The molecule has 1 aromatic carbocycles. The normalized spacial score (nSPS) is 18.0. The monoisotopic (exact) mass is 298 g/mol. The van der Waals surface area contributed by atoms with Gasteiger partial charge in [-0.3, -0.25) is 0 Å². The van der Waals surface area contributed by atoms with Gasteiger partial charge in [0.05, 0.1) is 13.7 Å². The van der Waals surface area contributed by atoms with E-state index in [-0.39, 0.29) is 5.92 Å². The first kappa shape index (κ1) is 13.1. The number of hydrogen-bond donors (Lipinski definition) is 0. The fourth-order valence-corrected chi connectivity index (χ4v) is 2.42. The molecule has 8 heteroatoms. The largest absolute Gasteiger partial charge is 0.381 e. The summed E-state index contributed by atoms with van der Waals surface area (Å²) in [4.78, 5) is 5.89. The minimum atomic E-state index is 0.237. The second-order valence-electron chi connectivity index (χ2n) is 5.20. The minimum absolute atomic E-state index is 0.237. The maximum atomic E-state index is 5.35. The number of nitrogens with zero attached hydrogens (tertiary/aromatic N) is 6. The molecule has 1 saturated heterocycles. The number of benzene rings is 1. The fourth-order valence-electron chi connectivity index (χ4n) is 2.42. The summed E-state index contributed by atoms with van der Waals surface area (Å²) in [7, 11) is 1.73. The Bertz CT molecular complexity index is 773. The number of tetrazole rings is 1. The van der Waals surface area contributed by atoms with Gasteiger partial charge in [-0.05, 0) is 23.8 Å². The summed E-state index contributed by atoms with van der Waals surface area (Å²) in [6.07, 6.45) is 0.941. The summed E-state index contributed by atoms with van der Waals surface area (Å²) < 4.78 is 10.7. The van der Waals surface area contributed by atoms with Crippen molar-refractivity contribution in [3.63, 3.8) is 0 Å². The first-order valence-corrected chi connectivity index (χ1v) is 7.06. The van der Waals surface area contributed by atoms with Crippen LogP contribution in [0.5, 0.6) is 0 Å². The summed E-state index contributed by atoms with van der Waals surface area (Å²) in [5.41, 5.74) is 1.76. The van der Waals surface area contributed by atoms with Crippen LogP contribution in [-0.2, 0) is 11.8 Å². The Kier molecular flexibility index (Phi) is 3.15. The van der Waals surface area contributed by atoms with Gasteiger partial charge in [-0.15, -0.1) is 10.2 Å². The highest BCUT2D eigenvalue weighted by molar-refractivity contribution is 5.61. The lowest BCUT2D eigenvalue weighted by atomic mass is 10.1. The molecule has 3 heterocycles. The Hall–Kier alpha value is -2.61. The van der Waals surface area contributed by atoms with Gasteiger partial charge < -0.3 is 9.26 Å². The van der Waals surface area contributed by atoms with Gasteiger partial charge in [0.25, 0.3) is 5.89 Å². The van der Waals surface area contributed by atoms with Crippen molar-refractivity contribution in [2.24, 2.45) is 7.05 Å². The first-order valence-electron chi connectivity index (χ1n) is 7.06. The molecule has 2 aromatic heterocycles. The zero-order chi connectivity index (χ0) is 14.9. The van der Waals surface area contributed by atoms with Crippen LogP contribution >= 0.6 is 0 Å². The van der Waals surface area contributed by atoms with E-state index in [1.54, 1.807) is 7.05 Å². The Balaban J connectivity index is 1.58. The molecule has 0 bridgehead atoms. The van der Waals surface area contributed by atoms with Gasteiger partial charge >= 0.3 is 0 Å². The van der Waals surface area contributed by atoms with E-state index in [1.807, 2.05) is 24.3 Å². The Morgan fingerprint density at radius 3 is 2.68 bits per heavy atom. The smallest absolute Gasteiger partial charge is 0.257 e. The van der Waals surface area contributed by atoms with Crippen molar-refractivity contribution in [3.8, 4) is 22.8 Å². The second-order valence-corrected chi connectivity index (χ2v) is 5.20. The van der Waals surface area contributed by atoms with Crippen molar-refractivity contribution in [1.29, 1.82) is 0 Å². The van der Waals surface area contributed by atoms with E-state index in [0.29, 0.717) is 24.1 Å². The van der Waals surface area contributed by atoms with E-state index >= 15 is 0 Å². The van der Waals surface area contributed by atoms with Gasteiger partial charge in [-0.25, -0.2) is 0 Å². The van der Waals surface area contributed by atoms with Crippen molar-refractivity contribution in [1.82, 2.24) is 30.3 Å². The van der Waals surface area contributed by atoms with E-state index in [1.165, 1.54) is 4.80 Å². The first-order chi connectivity index (χ1) is 10.8. The lowest BCUT2D eigenvalue weighted by Crippen LogP contribution is -1.99. The molecule has 112 valence electrons. The molecule has 0 unspecified atom stereocenters. The lowest BCUT2D eigenvalue weighted by molar-refractivity contribution is 0.192. The fraction of sp³-hybridized carbons (Fsp3) is 0.357. The molecule has 0 aliphatic carbocycles. The summed E-state index contributed by atoms with van der Waals surface area (Å²) in [6, 6.07) is 7.64. The molecule has 1 aliphatic rings. The number of ether oxygens (including phenoxy) is 1. The molecule has 1 aliphatic heterocycles. The Labute approximate surface area is 126 Å². The van der Waals surface area contributed by atoms with Crippen molar-refractivity contribution in [2.45, 2.75) is 12.3 Å². The molecule has 8 nitrogen and oxygen atoms in total. The van der Waals surface area contributed by atoms with Crippen LogP contribution in [0.4, 0.5) is 0 Å². The van der Waals surface area contributed by atoms with Crippen LogP contribution < -0.4 is 0 Å². The van der Waals surface area contributed by atoms with Gasteiger partial charge in [0, 0.05) is 23.7 Å². The topological polar surface area (TPSA) is 91.8 Å². The van der Waals surface area contributed by atoms with Gasteiger partial charge in [-0.1, -0.05) is 17.3 Å². The SMILES string of the molecule is Cn1nnc(-c2ccc(-c3nc([C@H]4CCOC4)no3)cc2)n1. The zero-order valence-corrected chi connectivity index (χ0v) is 12.0. The highest BCUT2D eigenvalue weighted by atomic mass is 16.5. The number of aryl methyl sites for hydroxylation is 1. The van der Waals surface area contributed by atoms with Crippen LogP contribution in [0, 0.1) is 0 Å². The number of rotatable bonds is 3. The summed E-state index contributed by atoms with van der Waals surface area (Å²) >= 11 is 0. The predicted molar refractivity (Wildman–Crippen MR) is 75.7 cm³/mol. The third-order valence-electron chi connectivity index (χ3n) is 3.63. The van der Waals surface area contributed by atoms with Crippen molar-refractivity contribution in [3.05, 3.63) is 30.1 Å². The van der Waals surface area contributed by atoms with Crippen molar-refractivity contribution in [2.75, 3.05) is 13.2 Å². The minimum Gasteiger partial charge on any atom is -0.381 e. The van der Waals surface area contributed by atoms with Crippen LogP contribution in [0.2, 0.25) is 0 Å².